The number of fused-ring (bicyclic) bond motifs is 1. The van der Waals surface area contributed by atoms with Crippen molar-refractivity contribution in [1.29, 1.82) is 5.26 Å². The summed E-state index contributed by atoms with van der Waals surface area (Å²) in [5, 5.41) is 14.6. The number of nitrogens with one attached hydrogen (secondary N) is 2. The zero-order chi connectivity index (χ0) is 24.1. The van der Waals surface area contributed by atoms with E-state index in [1.165, 1.54) is 6.26 Å². The fourth-order valence-corrected chi connectivity index (χ4v) is 6.73. The molecule has 2 bridgehead atoms. The third kappa shape index (κ3) is 4.28. The van der Waals surface area contributed by atoms with Crippen molar-refractivity contribution in [3.63, 3.8) is 0 Å². The molecule has 3 aliphatic rings. The van der Waals surface area contributed by atoms with Crippen LogP contribution in [-0.4, -0.2) is 42.8 Å². The molecule has 7 nitrogen and oxygen atoms in total. The van der Waals surface area contributed by atoms with Crippen LogP contribution in [0.15, 0.2) is 42.6 Å². The van der Waals surface area contributed by atoms with Gasteiger partial charge < -0.3 is 14.6 Å². The highest BCUT2D eigenvalue weighted by molar-refractivity contribution is 7.88. The van der Waals surface area contributed by atoms with Gasteiger partial charge in [0.2, 0.25) is 10.0 Å². The monoisotopic (exact) mass is 518 g/mol. The van der Waals surface area contributed by atoms with E-state index in [0.29, 0.717) is 28.8 Å². The lowest BCUT2D eigenvalue weighted by Gasteiger charge is -2.70. The van der Waals surface area contributed by atoms with Gasteiger partial charge in [-0.05, 0) is 55.2 Å². The highest BCUT2D eigenvalue weighted by atomic mass is 35.5. The van der Waals surface area contributed by atoms with Gasteiger partial charge in [-0.1, -0.05) is 17.7 Å². The van der Waals surface area contributed by atoms with Crippen LogP contribution in [0.1, 0.15) is 30.4 Å². The van der Waals surface area contributed by atoms with Gasteiger partial charge >= 0.3 is 0 Å². The van der Waals surface area contributed by atoms with E-state index in [0.717, 1.165) is 41.4 Å². The Morgan fingerprint density at radius 1 is 1.18 bits per heavy atom. The summed E-state index contributed by atoms with van der Waals surface area (Å²) in [6, 6.07) is 14.0. The van der Waals surface area contributed by atoms with Crippen molar-refractivity contribution in [3.8, 4) is 17.5 Å². The number of hydrogen-bond acceptors (Lipinski definition) is 5. The van der Waals surface area contributed by atoms with Crippen molar-refractivity contribution < 1.29 is 13.2 Å². The summed E-state index contributed by atoms with van der Waals surface area (Å²) in [4.78, 5) is 0. The molecule has 0 spiro atoms. The Kier molecular flexibility index (Phi) is 5.82. The standard InChI is InChI=1S/C24H24Cl2N4O3S/c1-34(31,32)29-24-13-23(14-24,15-24)28-12-16-2-3-21-17(8-16)4-6-30(21)19-9-18(11-27)22(20(26)10-19)33-7-5-25/h2-4,6,8-10,28-29H,5,7,12-15H2,1H3. The van der Waals surface area contributed by atoms with Crippen LogP contribution in [0.4, 0.5) is 0 Å². The van der Waals surface area contributed by atoms with Gasteiger partial charge in [0, 0.05) is 34.9 Å². The van der Waals surface area contributed by atoms with Crippen molar-refractivity contribution in [1.82, 2.24) is 14.6 Å². The Bertz CT molecular complexity index is 1410. The highest BCUT2D eigenvalue weighted by Gasteiger charge is 2.68. The summed E-state index contributed by atoms with van der Waals surface area (Å²) in [6.07, 6.45) is 5.66. The number of sulfonamides is 1. The van der Waals surface area contributed by atoms with Gasteiger partial charge in [0.05, 0.1) is 28.2 Å². The second kappa shape index (κ2) is 8.43. The number of rotatable bonds is 9. The summed E-state index contributed by atoms with van der Waals surface area (Å²) in [5.74, 6) is 0.655. The molecule has 34 heavy (non-hydrogen) atoms. The van der Waals surface area contributed by atoms with Crippen molar-refractivity contribution in [3.05, 3.63) is 58.7 Å². The number of aromatic nitrogens is 1. The van der Waals surface area contributed by atoms with Crippen LogP contribution in [0, 0.1) is 11.3 Å². The number of nitriles is 1. The molecule has 2 N–H and O–H groups in total. The third-order valence-electron chi connectivity index (χ3n) is 6.60. The molecule has 3 saturated carbocycles. The van der Waals surface area contributed by atoms with E-state index in [2.05, 4.69) is 34.3 Å². The minimum absolute atomic E-state index is 0.0380. The van der Waals surface area contributed by atoms with Gasteiger partial charge in [0.1, 0.15) is 12.7 Å². The number of ether oxygens (including phenoxy) is 1. The summed E-state index contributed by atoms with van der Waals surface area (Å²) < 4.78 is 33.4. The first-order valence-corrected chi connectivity index (χ1v) is 13.7. The van der Waals surface area contributed by atoms with Crippen LogP contribution < -0.4 is 14.8 Å². The molecular weight excluding hydrogens is 495 g/mol. The molecule has 1 heterocycles. The molecular formula is C24H24Cl2N4O3S. The number of benzene rings is 2. The van der Waals surface area contributed by atoms with E-state index in [4.69, 9.17) is 27.9 Å². The molecule has 0 atom stereocenters. The maximum absolute atomic E-state index is 11.5. The molecule has 0 saturated heterocycles. The van der Waals surface area contributed by atoms with Crippen LogP contribution in [-0.2, 0) is 16.6 Å². The molecule has 1 aromatic heterocycles. The van der Waals surface area contributed by atoms with Crippen LogP contribution in [0.25, 0.3) is 16.6 Å². The fourth-order valence-electron chi connectivity index (χ4n) is 5.38. The smallest absolute Gasteiger partial charge is 0.209 e. The number of hydrogen-bond donors (Lipinski definition) is 2. The van der Waals surface area contributed by atoms with Crippen molar-refractivity contribution in [2.24, 2.45) is 0 Å². The van der Waals surface area contributed by atoms with E-state index in [1.54, 1.807) is 12.1 Å². The second-order valence-corrected chi connectivity index (χ2v) is 11.9. The van der Waals surface area contributed by atoms with Crippen LogP contribution in [0.5, 0.6) is 5.75 Å². The highest BCUT2D eigenvalue weighted by Crippen LogP contribution is 2.60. The van der Waals surface area contributed by atoms with Crippen LogP contribution >= 0.6 is 23.2 Å². The summed E-state index contributed by atoms with van der Waals surface area (Å²) in [6.45, 7) is 0.988. The topological polar surface area (TPSA) is 96.2 Å². The average molecular weight is 519 g/mol. The first-order valence-electron chi connectivity index (χ1n) is 10.9. The Labute approximate surface area is 208 Å². The molecule has 10 heteroatoms. The maximum Gasteiger partial charge on any atom is 0.209 e. The van der Waals surface area contributed by atoms with E-state index < -0.39 is 10.0 Å². The molecule has 0 unspecified atom stereocenters. The zero-order valence-electron chi connectivity index (χ0n) is 18.6. The summed E-state index contributed by atoms with van der Waals surface area (Å²) >= 11 is 12.1. The Hall–Kier alpha value is -2.28. The molecule has 3 aliphatic carbocycles. The van der Waals surface area contributed by atoms with E-state index in [1.807, 2.05) is 16.8 Å². The molecule has 6 rings (SSSR count). The lowest BCUT2D eigenvalue weighted by atomic mass is 9.44. The summed E-state index contributed by atoms with van der Waals surface area (Å²) in [7, 11) is -3.18. The Morgan fingerprint density at radius 3 is 2.62 bits per heavy atom. The lowest BCUT2D eigenvalue weighted by molar-refractivity contribution is -0.0910. The number of nitrogens with zero attached hydrogens (tertiary/aromatic N) is 2. The first-order chi connectivity index (χ1) is 16.1. The van der Waals surface area contributed by atoms with Crippen LogP contribution in [0.2, 0.25) is 5.02 Å². The second-order valence-electron chi connectivity index (χ2n) is 9.35. The van der Waals surface area contributed by atoms with Crippen molar-refractivity contribution >= 4 is 44.1 Å². The van der Waals surface area contributed by atoms with E-state index in [-0.39, 0.29) is 17.7 Å². The Balaban J connectivity index is 1.31. The molecule has 0 radical (unpaired) electrons. The van der Waals surface area contributed by atoms with Gasteiger partial charge in [-0.3, -0.25) is 0 Å². The number of halogens is 2. The van der Waals surface area contributed by atoms with Crippen molar-refractivity contribution in [2.45, 2.75) is 36.9 Å². The quantitative estimate of drug-likeness (QED) is 0.416. The molecule has 3 fully saturated rings. The van der Waals surface area contributed by atoms with Crippen molar-refractivity contribution in [2.75, 3.05) is 18.7 Å². The maximum atomic E-state index is 11.5. The fraction of sp³-hybridized carbons (Fsp3) is 0.375. The van der Waals surface area contributed by atoms with Gasteiger partial charge in [-0.2, -0.15) is 5.26 Å². The predicted molar refractivity (Wildman–Crippen MR) is 133 cm³/mol. The van der Waals surface area contributed by atoms with Gasteiger partial charge in [-0.25, -0.2) is 13.1 Å². The van der Waals surface area contributed by atoms with Gasteiger partial charge in [0.15, 0.2) is 5.75 Å². The van der Waals surface area contributed by atoms with Crippen LogP contribution in [0.3, 0.4) is 0 Å². The summed E-state index contributed by atoms with van der Waals surface area (Å²) in [5.41, 5.74) is 3.09. The van der Waals surface area contributed by atoms with Gasteiger partial charge in [0.25, 0.3) is 0 Å². The zero-order valence-corrected chi connectivity index (χ0v) is 20.9. The number of alkyl halides is 1. The SMILES string of the molecule is CS(=O)(=O)NC12CC(NCc3ccc4c(ccn4-c4cc(Cl)c(OCCCl)c(C#N)c4)c3)(C1)C2. The average Bonchev–Trinajstić information content (AvgIpc) is 3.15. The molecule has 0 aliphatic heterocycles. The van der Waals surface area contributed by atoms with E-state index >= 15 is 0 Å². The molecule has 0 amide bonds. The van der Waals surface area contributed by atoms with Gasteiger partial charge in [-0.15, -0.1) is 11.6 Å². The molecule has 2 aromatic carbocycles. The molecule has 3 aromatic rings. The third-order valence-corrected chi connectivity index (χ3v) is 7.84. The largest absolute Gasteiger partial charge is 0.489 e. The molecule has 178 valence electrons. The predicted octanol–water partition coefficient (Wildman–Crippen LogP) is 4.09. The Morgan fingerprint density at radius 2 is 1.94 bits per heavy atom. The first kappa shape index (κ1) is 23.5. The normalized spacial score (nSPS) is 23.2. The minimum atomic E-state index is -3.18. The minimum Gasteiger partial charge on any atom is -0.489 e. The lowest BCUT2D eigenvalue weighted by Crippen LogP contribution is -2.82. The van der Waals surface area contributed by atoms with E-state index in [9.17, 15) is 13.7 Å².